The molecule has 0 radical (unpaired) electrons. The lowest BCUT2D eigenvalue weighted by Crippen LogP contribution is -2.22. The van der Waals surface area contributed by atoms with Crippen molar-refractivity contribution in [2.45, 2.75) is 32.7 Å². The van der Waals surface area contributed by atoms with Crippen LogP contribution in [0.25, 0.3) is 0 Å². The lowest BCUT2D eigenvalue weighted by Gasteiger charge is -2.14. The van der Waals surface area contributed by atoms with Crippen LogP contribution < -0.4 is 5.32 Å². The van der Waals surface area contributed by atoms with Crippen molar-refractivity contribution in [1.82, 2.24) is 15.3 Å². The molecule has 0 aliphatic rings. The van der Waals surface area contributed by atoms with Gasteiger partial charge in [0.15, 0.2) is 0 Å². The van der Waals surface area contributed by atoms with Crippen molar-refractivity contribution in [3.63, 3.8) is 0 Å². The first-order chi connectivity index (χ1) is 7.25. The van der Waals surface area contributed by atoms with E-state index in [4.69, 9.17) is 5.11 Å². The highest BCUT2D eigenvalue weighted by Gasteiger charge is 2.08. The van der Waals surface area contributed by atoms with Crippen LogP contribution in [0.5, 0.6) is 0 Å². The fraction of sp³-hybridized carbons (Fsp3) is 0.636. The predicted molar refractivity (Wildman–Crippen MR) is 59.5 cm³/mol. The van der Waals surface area contributed by atoms with Gasteiger partial charge in [0.25, 0.3) is 0 Å². The van der Waals surface area contributed by atoms with E-state index < -0.39 is 0 Å². The van der Waals surface area contributed by atoms with E-state index in [0.717, 1.165) is 30.8 Å². The molecule has 0 aromatic carbocycles. The molecular formula is C11H19N3O. The topological polar surface area (TPSA) is 58.0 Å². The van der Waals surface area contributed by atoms with E-state index in [1.807, 2.05) is 6.92 Å². The summed E-state index contributed by atoms with van der Waals surface area (Å²) in [5.74, 6) is 0. The van der Waals surface area contributed by atoms with Crippen LogP contribution in [0.2, 0.25) is 0 Å². The first-order valence-corrected chi connectivity index (χ1v) is 5.37. The zero-order valence-electron chi connectivity index (χ0n) is 9.40. The summed E-state index contributed by atoms with van der Waals surface area (Å²) in [6.07, 6.45) is 5.25. The highest BCUT2D eigenvalue weighted by Crippen LogP contribution is 2.11. The maximum absolute atomic E-state index is 8.64. The summed E-state index contributed by atoms with van der Waals surface area (Å²) in [5.41, 5.74) is 1.97. The molecular weight excluding hydrogens is 190 g/mol. The molecule has 0 bridgehead atoms. The Balaban J connectivity index is 2.40. The third kappa shape index (κ3) is 3.93. The predicted octanol–water partition coefficient (Wildman–Crippen LogP) is 1.21. The van der Waals surface area contributed by atoms with Crippen LogP contribution in [-0.2, 0) is 0 Å². The number of rotatable bonds is 6. The molecule has 4 nitrogen and oxygen atoms in total. The summed E-state index contributed by atoms with van der Waals surface area (Å²) < 4.78 is 0. The molecule has 1 aromatic rings. The first kappa shape index (κ1) is 12.1. The van der Waals surface area contributed by atoms with Gasteiger partial charge in [-0.05, 0) is 33.2 Å². The summed E-state index contributed by atoms with van der Waals surface area (Å²) in [6.45, 7) is 5.21. The number of hydrogen-bond acceptors (Lipinski definition) is 4. The summed E-state index contributed by atoms with van der Waals surface area (Å²) in [4.78, 5) is 8.50. The molecule has 84 valence electrons. The summed E-state index contributed by atoms with van der Waals surface area (Å²) in [6, 6.07) is 0.220. The van der Waals surface area contributed by atoms with E-state index in [1.54, 1.807) is 12.4 Å². The van der Waals surface area contributed by atoms with Gasteiger partial charge in [0.2, 0.25) is 0 Å². The van der Waals surface area contributed by atoms with Crippen molar-refractivity contribution in [2.24, 2.45) is 0 Å². The Morgan fingerprint density at radius 3 is 2.73 bits per heavy atom. The largest absolute Gasteiger partial charge is 0.396 e. The molecule has 1 rings (SSSR count). The average Bonchev–Trinajstić information content (AvgIpc) is 2.25. The zero-order chi connectivity index (χ0) is 11.1. The highest BCUT2D eigenvalue weighted by atomic mass is 16.2. The first-order valence-electron chi connectivity index (χ1n) is 5.37. The minimum absolute atomic E-state index is 0.220. The fourth-order valence-corrected chi connectivity index (χ4v) is 1.50. The van der Waals surface area contributed by atoms with Gasteiger partial charge in [-0.15, -0.1) is 0 Å². The molecule has 1 unspecified atom stereocenters. The van der Waals surface area contributed by atoms with E-state index >= 15 is 0 Å². The average molecular weight is 209 g/mol. The Labute approximate surface area is 90.8 Å². The second kappa shape index (κ2) is 6.48. The monoisotopic (exact) mass is 209 g/mol. The molecule has 0 spiro atoms. The molecule has 4 heteroatoms. The Bertz CT molecular complexity index is 291. The summed E-state index contributed by atoms with van der Waals surface area (Å²) in [7, 11) is 0. The van der Waals surface area contributed by atoms with Crippen LogP contribution in [0.15, 0.2) is 12.4 Å². The van der Waals surface area contributed by atoms with Crippen LogP contribution in [0.3, 0.4) is 0 Å². The number of unbranched alkanes of at least 4 members (excludes halogenated alkanes) is 1. The lowest BCUT2D eigenvalue weighted by atomic mass is 10.2. The van der Waals surface area contributed by atoms with Gasteiger partial charge in [-0.1, -0.05) is 0 Å². The number of aromatic nitrogens is 2. The summed E-state index contributed by atoms with van der Waals surface area (Å²) >= 11 is 0. The second-order valence-electron chi connectivity index (χ2n) is 3.63. The molecule has 0 saturated heterocycles. The van der Waals surface area contributed by atoms with E-state index in [-0.39, 0.29) is 12.6 Å². The maximum Gasteiger partial charge on any atom is 0.0782 e. The molecule has 15 heavy (non-hydrogen) atoms. The Kier molecular flexibility index (Phi) is 5.21. The Hall–Kier alpha value is -1.00. The minimum Gasteiger partial charge on any atom is -0.396 e. The van der Waals surface area contributed by atoms with E-state index in [9.17, 15) is 0 Å². The Morgan fingerprint density at radius 1 is 1.33 bits per heavy atom. The maximum atomic E-state index is 8.64. The Morgan fingerprint density at radius 2 is 2.07 bits per heavy atom. The van der Waals surface area contributed by atoms with Gasteiger partial charge >= 0.3 is 0 Å². The fourth-order valence-electron chi connectivity index (χ4n) is 1.50. The van der Waals surface area contributed by atoms with Crippen molar-refractivity contribution < 1.29 is 5.11 Å². The molecule has 0 aliphatic heterocycles. The van der Waals surface area contributed by atoms with E-state index in [2.05, 4.69) is 22.2 Å². The van der Waals surface area contributed by atoms with Crippen LogP contribution in [0.1, 0.15) is 37.2 Å². The van der Waals surface area contributed by atoms with Crippen LogP contribution in [0, 0.1) is 6.92 Å². The third-order valence-electron chi connectivity index (χ3n) is 2.36. The van der Waals surface area contributed by atoms with Crippen molar-refractivity contribution in [2.75, 3.05) is 13.2 Å². The molecule has 0 saturated carbocycles. The number of nitrogens with one attached hydrogen (secondary N) is 1. The molecule has 2 N–H and O–H groups in total. The van der Waals surface area contributed by atoms with Crippen LogP contribution in [0.4, 0.5) is 0 Å². The quantitative estimate of drug-likeness (QED) is 0.691. The van der Waals surface area contributed by atoms with E-state index in [0.29, 0.717) is 0 Å². The number of aliphatic hydroxyl groups excluding tert-OH is 1. The van der Waals surface area contributed by atoms with Crippen LogP contribution >= 0.6 is 0 Å². The van der Waals surface area contributed by atoms with Crippen molar-refractivity contribution in [3.8, 4) is 0 Å². The molecule has 1 atom stereocenters. The third-order valence-corrected chi connectivity index (χ3v) is 2.36. The smallest absolute Gasteiger partial charge is 0.0782 e. The van der Waals surface area contributed by atoms with Gasteiger partial charge in [-0.25, -0.2) is 0 Å². The minimum atomic E-state index is 0.220. The second-order valence-corrected chi connectivity index (χ2v) is 3.63. The van der Waals surface area contributed by atoms with Gasteiger partial charge < -0.3 is 10.4 Å². The van der Waals surface area contributed by atoms with Gasteiger partial charge in [0.05, 0.1) is 11.4 Å². The van der Waals surface area contributed by atoms with Crippen molar-refractivity contribution >= 4 is 0 Å². The molecule has 0 aliphatic carbocycles. The molecule has 0 amide bonds. The number of hydrogen-bond donors (Lipinski definition) is 2. The molecule has 0 fully saturated rings. The van der Waals surface area contributed by atoms with Crippen LogP contribution in [-0.4, -0.2) is 28.2 Å². The summed E-state index contributed by atoms with van der Waals surface area (Å²) in [5, 5.41) is 12.0. The molecule has 1 aromatic heterocycles. The van der Waals surface area contributed by atoms with Gasteiger partial charge in [0, 0.05) is 25.0 Å². The van der Waals surface area contributed by atoms with Gasteiger partial charge in [0.1, 0.15) is 0 Å². The number of aryl methyl sites for hydroxylation is 1. The molecule has 1 heterocycles. The normalized spacial score (nSPS) is 12.7. The van der Waals surface area contributed by atoms with E-state index in [1.165, 1.54) is 0 Å². The van der Waals surface area contributed by atoms with Gasteiger partial charge in [-0.2, -0.15) is 0 Å². The number of nitrogens with zero attached hydrogens (tertiary/aromatic N) is 2. The number of aliphatic hydroxyl groups is 1. The van der Waals surface area contributed by atoms with Crippen molar-refractivity contribution in [3.05, 3.63) is 23.8 Å². The lowest BCUT2D eigenvalue weighted by molar-refractivity contribution is 0.283. The van der Waals surface area contributed by atoms with Crippen molar-refractivity contribution in [1.29, 1.82) is 0 Å². The zero-order valence-corrected chi connectivity index (χ0v) is 9.40. The SMILES string of the molecule is Cc1nccnc1C(C)NCCCCO. The van der Waals surface area contributed by atoms with Gasteiger partial charge in [-0.3, -0.25) is 9.97 Å². The highest BCUT2D eigenvalue weighted by molar-refractivity contribution is 5.12. The standard InChI is InChI=1S/C11H19N3O/c1-9(12-5-3-4-8-15)11-10(2)13-6-7-14-11/h6-7,9,12,15H,3-5,8H2,1-2H3.